The highest BCUT2D eigenvalue weighted by molar-refractivity contribution is 6.39. The average molecular weight is 431 g/mol. The number of carbonyl (C=O) groups is 1. The van der Waals surface area contributed by atoms with Crippen LogP contribution in [0.3, 0.4) is 0 Å². The van der Waals surface area contributed by atoms with Gasteiger partial charge in [0.25, 0.3) is 5.91 Å². The van der Waals surface area contributed by atoms with Gasteiger partial charge in [-0.1, -0.05) is 0 Å². The zero-order valence-corrected chi connectivity index (χ0v) is 18.0. The number of amides is 1. The predicted molar refractivity (Wildman–Crippen MR) is 125 cm³/mol. The minimum Gasteiger partial charge on any atom is -0.395 e. The molecule has 162 valence electrons. The van der Waals surface area contributed by atoms with Gasteiger partial charge in [-0.05, 0) is 24.6 Å². The Morgan fingerprint density at radius 1 is 1.38 bits per heavy atom. The lowest BCUT2D eigenvalue weighted by Crippen LogP contribution is -2.41. The van der Waals surface area contributed by atoms with E-state index in [4.69, 9.17) is 32.0 Å². The number of aromatic nitrogens is 3. The Balaban J connectivity index is 1.96. The first-order chi connectivity index (χ1) is 15.1. The SMILES string of the molecule is [B]C1([B])OCC(C)NC(=O)c2cnc3c(NC)cc(nn23)Nc2cc1cc(N(C)N)c2N. The van der Waals surface area contributed by atoms with E-state index < -0.39 is 11.4 Å². The summed E-state index contributed by atoms with van der Waals surface area (Å²) in [6.07, 6.45) is 1.45. The molecule has 0 saturated carbocycles. The van der Waals surface area contributed by atoms with E-state index in [9.17, 15) is 4.79 Å². The lowest BCUT2D eigenvalue weighted by Gasteiger charge is -2.31. The van der Waals surface area contributed by atoms with E-state index in [1.54, 1.807) is 39.2 Å². The molecule has 4 bridgehead atoms. The maximum absolute atomic E-state index is 12.9. The molecule has 11 nitrogen and oxygen atoms in total. The fourth-order valence-electron chi connectivity index (χ4n) is 3.45. The number of carbonyl (C=O) groups excluding carboxylic acids is 1. The van der Waals surface area contributed by atoms with E-state index in [1.807, 2.05) is 0 Å². The van der Waals surface area contributed by atoms with E-state index in [0.29, 0.717) is 39.8 Å². The fraction of sp³-hybridized carbons (Fsp3) is 0.316. The van der Waals surface area contributed by atoms with Crippen molar-refractivity contribution in [3.05, 3.63) is 35.7 Å². The molecule has 1 unspecified atom stereocenters. The van der Waals surface area contributed by atoms with Gasteiger partial charge in [0.1, 0.15) is 15.7 Å². The van der Waals surface area contributed by atoms with Gasteiger partial charge in [0.2, 0.25) is 0 Å². The summed E-state index contributed by atoms with van der Waals surface area (Å²) in [6, 6.07) is 4.67. The van der Waals surface area contributed by atoms with E-state index >= 15 is 0 Å². The Morgan fingerprint density at radius 3 is 2.81 bits per heavy atom. The highest BCUT2D eigenvalue weighted by Gasteiger charge is 2.26. The number of ether oxygens (including phenoxy) is 1. The molecule has 7 N–H and O–H groups in total. The zero-order chi connectivity index (χ0) is 23.2. The monoisotopic (exact) mass is 431 g/mol. The number of anilines is 5. The molecule has 4 rings (SSSR count). The summed E-state index contributed by atoms with van der Waals surface area (Å²) < 4.78 is 7.21. The van der Waals surface area contributed by atoms with Crippen LogP contribution in [0, 0.1) is 0 Å². The minimum atomic E-state index is -1.67. The summed E-state index contributed by atoms with van der Waals surface area (Å²) in [5, 5.41) is 13.3. The number of rotatable bonds is 2. The Bertz CT molecular complexity index is 1200. The van der Waals surface area contributed by atoms with Gasteiger partial charge < -0.3 is 31.4 Å². The topological polar surface area (TPSA) is 148 Å². The molecule has 3 aromatic rings. The average Bonchev–Trinajstić information content (AvgIpc) is 3.16. The van der Waals surface area contributed by atoms with Crippen molar-refractivity contribution in [3.8, 4) is 0 Å². The van der Waals surface area contributed by atoms with Crippen LogP contribution in [0.25, 0.3) is 5.65 Å². The molecular weight excluding hydrogens is 408 g/mol. The molecule has 1 aliphatic rings. The largest absolute Gasteiger partial charge is 0.395 e. The molecule has 1 amide bonds. The first-order valence-electron chi connectivity index (χ1n) is 9.89. The molecule has 0 aliphatic carbocycles. The molecule has 1 aromatic carbocycles. The Morgan fingerprint density at radius 2 is 2.12 bits per heavy atom. The summed E-state index contributed by atoms with van der Waals surface area (Å²) in [7, 11) is 15.9. The van der Waals surface area contributed by atoms with Gasteiger partial charge >= 0.3 is 0 Å². The van der Waals surface area contributed by atoms with E-state index in [-0.39, 0.29) is 18.2 Å². The summed E-state index contributed by atoms with van der Waals surface area (Å²) in [5.74, 6) is 6.00. The molecule has 1 atom stereocenters. The van der Waals surface area contributed by atoms with Gasteiger partial charge in [-0.2, -0.15) is 0 Å². The van der Waals surface area contributed by atoms with E-state index in [2.05, 4.69) is 26.0 Å². The third-order valence-corrected chi connectivity index (χ3v) is 5.17. The van der Waals surface area contributed by atoms with Crippen LogP contribution in [0.5, 0.6) is 0 Å². The standard InChI is InChI=1S/C19H23B2N9O2/c1-9-8-32-19(20,21)10-4-11(16(22)13(5-10)29(3)23)27-15-6-12(24-2)17-25-7-14(18(31)26-9)30(17)28-15/h4-7,9,24H,8,22-23H2,1-3H3,(H,26,31)(H,27,28). The quantitative estimate of drug-likeness (QED) is 0.164. The van der Waals surface area contributed by atoms with Crippen molar-refractivity contribution in [1.82, 2.24) is 19.9 Å². The van der Waals surface area contributed by atoms with Crippen LogP contribution in [0.2, 0.25) is 0 Å². The first kappa shape index (κ1) is 21.8. The number of nitrogens with one attached hydrogen (secondary N) is 3. The molecule has 13 heteroatoms. The van der Waals surface area contributed by atoms with E-state index in [1.165, 1.54) is 15.7 Å². The Hall–Kier alpha value is -3.44. The van der Waals surface area contributed by atoms with Gasteiger partial charge in [0.15, 0.2) is 17.2 Å². The highest BCUT2D eigenvalue weighted by Crippen LogP contribution is 2.36. The number of hydrogen-bond acceptors (Lipinski definition) is 9. The zero-order valence-electron chi connectivity index (χ0n) is 18.0. The number of nitrogens with zero attached hydrogens (tertiary/aromatic N) is 4. The minimum absolute atomic E-state index is 0.0524. The van der Waals surface area contributed by atoms with Crippen molar-refractivity contribution in [2.75, 3.05) is 42.1 Å². The van der Waals surface area contributed by atoms with E-state index in [0.717, 1.165) is 0 Å². The first-order valence-corrected chi connectivity index (χ1v) is 9.89. The number of nitrogens with two attached hydrogens (primary N) is 2. The number of benzene rings is 1. The van der Waals surface area contributed by atoms with Gasteiger partial charge in [0, 0.05) is 31.6 Å². The summed E-state index contributed by atoms with van der Waals surface area (Å²) in [5.41, 5.74) is 9.48. The summed E-state index contributed by atoms with van der Waals surface area (Å²) in [4.78, 5) is 17.2. The van der Waals surface area contributed by atoms with Crippen molar-refractivity contribution in [2.45, 2.75) is 18.4 Å². The maximum atomic E-state index is 12.9. The highest BCUT2D eigenvalue weighted by atomic mass is 16.5. The lowest BCUT2D eigenvalue weighted by molar-refractivity contribution is 0.0573. The third kappa shape index (κ3) is 3.80. The lowest BCUT2D eigenvalue weighted by atomic mass is 9.61. The maximum Gasteiger partial charge on any atom is 0.271 e. The van der Waals surface area contributed by atoms with Gasteiger partial charge in [-0.15, -0.1) is 5.10 Å². The fourth-order valence-corrected chi connectivity index (χ4v) is 3.45. The molecule has 32 heavy (non-hydrogen) atoms. The summed E-state index contributed by atoms with van der Waals surface area (Å²) >= 11 is 0. The second-order valence-electron chi connectivity index (χ2n) is 7.74. The number of hydrazine groups is 1. The summed E-state index contributed by atoms with van der Waals surface area (Å²) in [6.45, 7) is 1.83. The molecule has 4 radical (unpaired) electrons. The van der Waals surface area contributed by atoms with Crippen LogP contribution in [0.1, 0.15) is 23.0 Å². The second-order valence-corrected chi connectivity index (χ2v) is 7.74. The van der Waals surface area contributed by atoms with Crippen LogP contribution in [0.4, 0.5) is 28.6 Å². The number of fused-ring (bicyclic) bond motifs is 3. The van der Waals surface area contributed by atoms with Crippen LogP contribution in [-0.4, -0.2) is 62.9 Å². The predicted octanol–water partition coefficient (Wildman–Crippen LogP) is 0.00250. The van der Waals surface area contributed by atoms with Gasteiger partial charge in [-0.25, -0.2) is 15.3 Å². The van der Waals surface area contributed by atoms with Crippen LogP contribution in [0.15, 0.2) is 24.4 Å². The molecule has 0 saturated heterocycles. The van der Waals surface area contributed by atoms with Crippen LogP contribution in [-0.2, 0) is 10.1 Å². The van der Waals surface area contributed by atoms with Crippen LogP contribution < -0.4 is 32.5 Å². The molecule has 0 fully saturated rings. The molecule has 1 aliphatic heterocycles. The second kappa shape index (κ2) is 7.92. The number of nitrogen functional groups attached to an aromatic ring is 1. The molecule has 2 aromatic heterocycles. The van der Waals surface area contributed by atoms with Crippen molar-refractivity contribution in [3.63, 3.8) is 0 Å². The van der Waals surface area contributed by atoms with Crippen molar-refractivity contribution < 1.29 is 9.53 Å². The molecular formula is C19H23B2N9O2. The van der Waals surface area contributed by atoms with Crippen molar-refractivity contribution in [1.29, 1.82) is 0 Å². The van der Waals surface area contributed by atoms with Gasteiger partial charge in [0.05, 0.1) is 35.6 Å². The molecule has 0 spiro atoms. The van der Waals surface area contributed by atoms with Gasteiger partial charge in [-0.3, -0.25) is 4.79 Å². The van der Waals surface area contributed by atoms with Crippen molar-refractivity contribution >= 4 is 55.8 Å². The Kier molecular flexibility index (Phi) is 5.39. The smallest absolute Gasteiger partial charge is 0.271 e. The Labute approximate surface area is 187 Å². The number of imidazole rings is 1. The third-order valence-electron chi connectivity index (χ3n) is 5.17. The number of hydrogen-bond donors (Lipinski definition) is 5. The molecule has 3 heterocycles. The van der Waals surface area contributed by atoms with Crippen LogP contribution >= 0.6 is 0 Å². The van der Waals surface area contributed by atoms with Crippen molar-refractivity contribution in [2.24, 2.45) is 5.84 Å². The normalized spacial score (nSPS) is 18.0.